The van der Waals surface area contributed by atoms with Crippen LogP contribution in [-0.4, -0.2) is 24.2 Å². The first-order valence-electron chi connectivity index (χ1n) is 5.85. The molecule has 1 aliphatic rings. The highest BCUT2D eigenvalue weighted by atomic mass is 16.6. The highest BCUT2D eigenvalue weighted by molar-refractivity contribution is 5.51. The Bertz CT molecular complexity index is 450. The lowest BCUT2D eigenvalue weighted by atomic mass is 10.2. The van der Waals surface area contributed by atoms with Crippen LogP contribution < -0.4 is 15.2 Å². The molecule has 6 heteroatoms. The predicted molar refractivity (Wildman–Crippen MR) is 65.9 cm³/mol. The average molecular weight is 252 g/mol. The molecule has 0 saturated heterocycles. The summed E-state index contributed by atoms with van der Waals surface area (Å²) in [7, 11) is 1.47. The smallest absolute Gasteiger partial charge is 0.314 e. The molecule has 1 fully saturated rings. The molecule has 98 valence electrons. The van der Waals surface area contributed by atoms with E-state index in [2.05, 4.69) is 0 Å². The molecule has 2 atom stereocenters. The summed E-state index contributed by atoms with van der Waals surface area (Å²) < 4.78 is 10.6. The molecular formula is C12H16N2O4. The van der Waals surface area contributed by atoms with Crippen LogP contribution >= 0.6 is 0 Å². The van der Waals surface area contributed by atoms with Crippen molar-refractivity contribution < 1.29 is 14.4 Å². The Morgan fingerprint density at radius 1 is 1.44 bits per heavy atom. The SMILES string of the molecule is COc1ccc(OC2CCC(N)C2)c([N+](=O)[O-])c1. The molecule has 1 aromatic rings. The van der Waals surface area contributed by atoms with E-state index in [1.54, 1.807) is 12.1 Å². The zero-order valence-electron chi connectivity index (χ0n) is 10.2. The van der Waals surface area contributed by atoms with E-state index in [1.165, 1.54) is 13.2 Å². The zero-order chi connectivity index (χ0) is 13.1. The van der Waals surface area contributed by atoms with E-state index in [0.29, 0.717) is 5.75 Å². The van der Waals surface area contributed by atoms with Gasteiger partial charge in [0.25, 0.3) is 0 Å². The third-order valence-electron chi connectivity index (χ3n) is 3.08. The molecule has 0 bridgehead atoms. The van der Waals surface area contributed by atoms with Crippen LogP contribution in [0.5, 0.6) is 11.5 Å². The minimum atomic E-state index is -0.466. The number of nitro benzene ring substituents is 1. The number of rotatable bonds is 4. The van der Waals surface area contributed by atoms with E-state index < -0.39 is 4.92 Å². The summed E-state index contributed by atoms with van der Waals surface area (Å²) in [6, 6.07) is 4.72. The third-order valence-corrected chi connectivity index (χ3v) is 3.08. The van der Waals surface area contributed by atoms with Crippen LogP contribution in [-0.2, 0) is 0 Å². The van der Waals surface area contributed by atoms with E-state index in [-0.39, 0.29) is 23.6 Å². The van der Waals surface area contributed by atoms with Crippen molar-refractivity contribution in [2.45, 2.75) is 31.4 Å². The van der Waals surface area contributed by atoms with Crippen LogP contribution in [0.15, 0.2) is 18.2 Å². The number of methoxy groups -OCH3 is 1. The molecule has 2 rings (SSSR count). The first kappa shape index (κ1) is 12.6. The quantitative estimate of drug-likeness (QED) is 0.652. The maximum atomic E-state index is 11.0. The van der Waals surface area contributed by atoms with Gasteiger partial charge in [0, 0.05) is 6.04 Å². The van der Waals surface area contributed by atoms with Crippen molar-refractivity contribution in [2.24, 2.45) is 5.73 Å². The van der Waals surface area contributed by atoms with E-state index in [4.69, 9.17) is 15.2 Å². The number of benzene rings is 1. The van der Waals surface area contributed by atoms with Crippen molar-refractivity contribution in [3.05, 3.63) is 28.3 Å². The van der Waals surface area contributed by atoms with Crippen LogP contribution in [0.25, 0.3) is 0 Å². The van der Waals surface area contributed by atoms with Crippen LogP contribution in [0.4, 0.5) is 5.69 Å². The van der Waals surface area contributed by atoms with Gasteiger partial charge in [0.15, 0.2) is 5.75 Å². The molecule has 0 radical (unpaired) electrons. The van der Waals surface area contributed by atoms with E-state index in [9.17, 15) is 10.1 Å². The molecule has 0 aliphatic heterocycles. The lowest BCUT2D eigenvalue weighted by molar-refractivity contribution is -0.386. The van der Waals surface area contributed by atoms with Gasteiger partial charge in [0.05, 0.1) is 18.1 Å². The Balaban J connectivity index is 2.18. The molecule has 18 heavy (non-hydrogen) atoms. The van der Waals surface area contributed by atoms with Gasteiger partial charge in [-0.1, -0.05) is 0 Å². The van der Waals surface area contributed by atoms with Gasteiger partial charge in [-0.2, -0.15) is 0 Å². The predicted octanol–water partition coefficient (Wildman–Crippen LogP) is 1.86. The lowest BCUT2D eigenvalue weighted by Crippen LogP contribution is -2.19. The summed E-state index contributed by atoms with van der Waals surface area (Å²) in [6.07, 6.45) is 2.44. The molecule has 0 amide bonds. The van der Waals surface area contributed by atoms with Crippen LogP contribution in [0.3, 0.4) is 0 Å². The Morgan fingerprint density at radius 2 is 2.22 bits per heavy atom. The second kappa shape index (κ2) is 5.22. The highest BCUT2D eigenvalue weighted by Gasteiger charge is 2.26. The summed E-state index contributed by atoms with van der Waals surface area (Å²) in [5, 5.41) is 11.0. The largest absolute Gasteiger partial charge is 0.496 e. The number of ether oxygens (including phenoxy) is 2. The van der Waals surface area contributed by atoms with E-state index >= 15 is 0 Å². The second-order valence-electron chi connectivity index (χ2n) is 4.40. The van der Waals surface area contributed by atoms with Gasteiger partial charge in [-0.25, -0.2) is 0 Å². The van der Waals surface area contributed by atoms with Crippen LogP contribution in [0.2, 0.25) is 0 Å². The minimum absolute atomic E-state index is 0.0351. The second-order valence-corrected chi connectivity index (χ2v) is 4.40. The zero-order valence-corrected chi connectivity index (χ0v) is 10.2. The van der Waals surface area contributed by atoms with Crippen molar-refractivity contribution in [2.75, 3.05) is 7.11 Å². The third kappa shape index (κ3) is 2.70. The van der Waals surface area contributed by atoms with Crippen molar-refractivity contribution in [1.29, 1.82) is 0 Å². The van der Waals surface area contributed by atoms with Gasteiger partial charge >= 0.3 is 5.69 Å². The monoisotopic (exact) mass is 252 g/mol. The van der Waals surface area contributed by atoms with Gasteiger partial charge in [-0.05, 0) is 31.4 Å². The number of hydrogen-bond acceptors (Lipinski definition) is 5. The van der Waals surface area contributed by atoms with Gasteiger partial charge in [0.2, 0.25) is 0 Å². The fraction of sp³-hybridized carbons (Fsp3) is 0.500. The van der Waals surface area contributed by atoms with Crippen LogP contribution in [0, 0.1) is 10.1 Å². The molecule has 2 N–H and O–H groups in total. The van der Waals surface area contributed by atoms with E-state index in [0.717, 1.165) is 19.3 Å². The minimum Gasteiger partial charge on any atom is -0.496 e. The molecular weight excluding hydrogens is 236 g/mol. The fourth-order valence-electron chi connectivity index (χ4n) is 2.13. The first-order valence-corrected chi connectivity index (χ1v) is 5.85. The van der Waals surface area contributed by atoms with E-state index in [1.807, 2.05) is 0 Å². The summed E-state index contributed by atoms with van der Waals surface area (Å²) >= 11 is 0. The average Bonchev–Trinajstić information content (AvgIpc) is 2.75. The molecule has 2 unspecified atom stereocenters. The van der Waals surface area contributed by atoms with Gasteiger partial charge in [0.1, 0.15) is 11.9 Å². The highest BCUT2D eigenvalue weighted by Crippen LogP contribution is 2.33. The topological polar surface area (TPSA) is 87.6 Å². The summed E-state index contributed by atoms with van der Waals surface area (Å²) in [4.78, 5) is 10.5. The Morgan fingerprint density at radius 3 is 2.78 bits per heavy atom. The normalized spacial score (nSPS) is 22.8. The van der Waals surface area contributed by atoms with Crippen molar-refractivity contribution >= 4 is 5.69 Å². The van der Waals surface area contributed by atoms with Crippen molar-refractivity contribution in [3.8, 4) is 11.5 Å². The maximum absolute atomic E-state index is 11.0. The fourth-order valence-corrected chi connectivity index (χ4v) is 2.13. The lowest BCUT2D eigenvalue weighted by Gasteiger charge is -2.13. The summed E-state index contributed by atoms with van der Waals surface area (Å²) in [5.74, 6) is 0.720. The first-order chi connectivity index (χ1) is 8.60. The molecule has 0 spiro atoms. The Labute approximate surface area is 105 Å². The Kier molecular flexibility index (Phi) is 3.66. The van der Waals surface area contributed by atoms with Gasteiger partial charge < -0.3 is 15.2 Å². The standard InChI is InChI=1S/C12H16N2O4/c1-17-9-4-5-12(11(7-9)14(15)16)18-10-3-2-8(13)6-10/h4-5,7-8,10H,2-3,6,13H2,1H3. The molecule has 1 saturated carbocycles. The molecule has 6 nitrogen and oxygen atoms in total. The van der Waals surface area contributed by atoms with Crippen molar-refractivity contribution in [3.63, 3.8) is 0 Å². The van der Waals surface area contributed by atoms with Crippen LogP contribution in [0.1, 0.15) is 19.3 Å². The van der Waals surface area contributed by atoms with Crippen molar-refractivity contribution in [1.82, 2.24) is 0 Å². The van der Waals surface area contributed by atoms with Gasteiger partial charge in [-0.3, -0.25) is 10.1 Å². The maximum Gasteiger partial charge on any atom is 0.314 e. The van der Waals surface area contributed by atoms with Gasteiger partial charge in [-0.15, -0.1) is 0 Å². The number of nitrogens with zero attached hydrogens (tertiary/aromatic N) is 1. The number of nitrogens with two attached hydrogens (primary N) is 1. The Hall–Kier alpha value is -1.82. The molecule has 1 aliphatic carbocycles. The number of nitro groups is 1. The molecule has 0 heterocycles. The molecule has 1 aromatic carbocycles. The molecule has 0 aromatic heterocycles. The number of hydrogen-bond donors (Lipinski definition) is 1. The summed E-state index contributed by atoms with van der Waals surface area (Å²) in [5.41, 5.74) is 5.71. The summed E-state index contributed by atoms with van der Waals surface area (Å²) in [6.45, 7) is 0.